The molecule has 0 rings (SSSR count). The van der Waals surface area contributed by atoms with Crippen molar-refractivity contribution in [2.45, 2.75) is 13.8 Å². The molecule has 0 aliphatic carbocycles. The summed E-state index contributed by atoms with van der Waals surface area (Å²) in [5.74, 6) is 0.577. The van der Waals surface area contributed by atoms with Gasteiger partial charge in [-0.3, -0.25) is 0 Å². The Hall–Kier alpha value is 1.06. The molecule has 16 heavy (non-hydrogen) atoms. The summed E-state index contributed by atoms with van der Waals surface area (Å²) in [7, 11) is 0. The Morgan fingerprint density at radius 2 is 1.31 bits per heavy atom. The second-order valence-corrected chi connectivity index (χ2v) is 3.25. The fourth-order valence-electron chi connectivity index (χ4n) is 0.603. The van der Waals surface area contributed by atoms with Crippen molar-refractivity contribution >= 4 is 37.7 Å². The van der Waals surface area contributed by atoms with Crippen molar-refractivity contribution in [1.82, 2.24) is 0 Å². The van der Waals surface area contributed by atoms with Gasteiger partial charge < -0.3 is 24.8 Å². The molecular formula is C10H26CaO5. The molecule has 0 aromatic carbocycles. The maximum absolute atomic E-state index is 8.35. The number of aliphatic hydroxyl groups excluding tert-OH is 3. The average molecular weight is 266 g/mol. The molecule has 0 atom stereocenters. The van der Waals surface area contributed by atoms with Crippen molar-refractivity contribution in [3.63, 3.8) is 0 Å². The first-order valence-electron chi connectivity index (χ1n) is 5.17. The summed E-state index contributed by atoms with van der Waals surface area (Å²) in [6.07, 6.45) is 0. The van der Waals surface area contributed by atoms with Crippen LogP contribution < -0.4 is 0 Å². The fraction of sp³-hybridized carbons (Fsp3) is 1.00. The topological polar surface area (TPSA) is 79.2 Å². The number of ether oxygens (including phenoxy) is 2. The molecule has 0 amide bonds. The molecule has 0 aromatic rings. The molecule has 98 valence electrons. The minimum atomic E-state index is -0.125. The van der Waals surface area contributed by atoms with E-state index in [0.717, 1.165) is 6.61 Å². The van der Waals surface area contributed by atoms with Crippen LogP contribution >= 0.6 is 0 Å². The van der Waals surface area contributed by atoms with Gasteiger partial charge in [-0.1, -0.05) is 13.8 Å². The molecule has 3 N–H and O–H groups in total. The molecular weight excluding hydrogens is 240 g/mol. The SMILES string of the molecule is CC(C)COCCOCCO.OCCO.[CaH2]. The summed E-state index contributed by atoms with van der Waals surface area (Å²) >= 11 is 0. The van der Waals surface area contributed by atoms with E-state index in [1.54, 1.807) is 0 Å². The summed E-state index contributed by atoms with van der Waals surface area (Å²) in [5, 5.41) is 23.6. The van der Waals surface area contributed by atoms with Crippen LogP contribution in [0.2, 0.25) is 0 Å². The van der Waals surface area contributed by atoms with Crippen molar-refractivity contribution in [2.24, 2.45) is 5.92 Å². The van der Waals surface area contributed by atoms with Crippen molar-refractivity contribution in [3.8, 4) is 0 Å². The molecule has 0 fully saturated rings. The fourth-order valence-corrected chi connectivity index (χ4v) is 0.603. The third kappa shape index (κ3) is 29.4. The molecule has 0 saturated carbocycles. The minimum absolute atomic E-state index is 0. The summed E-state index contributed by atoms with van der Waals surface area (Å²) in [6, 6.07) is 0. The Bertz CT molecular complexity index is 101. The average Bonchev–Trinajstić information content (AvgIpc) is 2.23. The van der Waals surface area contributed by atoms with Gasteiger partial charge >= 0.3 is 37.7 Å². The first-order chi connectivity index (χ1) is 7.18. The van der Waals surface area contributed by atoms with E-state index < -0.39 is 0 Å². The van der Waals surface area contributed by atoms with Gasteiger partial charge in [0, 0.05) is 6.61 Å². The Balaban J connectivity index is -0.000000292. The predicted octanol–water partition coefficient (Wildman–Crippen LogP) is -1.28. The van der Waals surface area contributed by atoms with Crippen molar-refractivity contribution in [1.29, 1.82) is 0 Å². The zero-order valence-electron chi connectivity index (χ0n) is 9.69. The molecule has 0 saturated heterocycles. The van der Waals surface area contributed by atoms with Gasteiger partial charge in [0.25, 0.3) is 0 Å². The quantitative estimate of drug-likeness (QED) is 0.377. The van der Waals surface area contributed by atoms with E-state index in [2.05, 4.69) is 13.8 Å². The van der Waals surface area contributed by atoms with E-state index in [1.807, 2.05) is 0 Å². The summed E-state index contributed by atoms with van der Waals surface area (Å²) in [4.78, 5) is 0. The molecule has 0 spiro atoms. The number of hydrogen-bond donors (Lipinski definition) is 3. The second kappa shape index (κ2) is 21.4. The van der Waals surface area contributed by atoms with E-state index in [0.29, 0.717) is 25.7 Å². The zero-order chi connectivity index (χ0) is 11.9. The van der Waals surface area contributed by atoms with E-state index in [-0.39, 0.29) is 57.6 Å². The Morgan fingerprint density at radius 1 is 0.812 bits per heavy atom. The van der Waals surface area contributed by atoms with Crippen LogP contribution in [-0.4, -0.2) is 99.3 Å². The van der Waals surface area contributed by atoms with E-state index >= 15 is 0 Å². The van der Waals surface area contributed by atoms with Crippen molar-refractivity contribution in [2.75, 3.05) is 46.2 Å². The van der Waals surface area contributed by atoms with E-state index in [1.165, 1.54) is 0 Å². The monoisotopic (exact) mass is 266 g/mol. The van der Waals surface area contributed by atoms with Gasteiger partial charge in [-0.2, -0.15) is 0 Å². The summed E-state index contributed by atoms with van der Waals surface area (Å²) in [6.45, 7) is 6.44. The van der Waals surface area contributed by atoms with Crippen LogP contribution in [-0.2, 0) is 9.47 Å². The first-order valence-corrected chi connectivity index (χ1v) is 5.17. The van der Waals surface area contributed by atoms with Crippen LogP contribution in [0, 0.1) is 5.92 Å². The maximum atomic E-state index is 8.35. The molecule has 0 bridgehead atoms. The van der Waals surface area contributed by atoms with Gasteiger partial charge in [-0.15, -0.1) is 0 Å². The predicted molar refractivity (Wildman–Crippen MR) is 66.3 cm³/mol. The number of rotatable bonds is 8. The van der Waals surface area contributed by atoms with Gasteiger partial charge in [0.15, 0.2) is 0 Å². The summed E-state index contributed by atoms with van der Waals surface area (Å²) in [5.41, 5.74) is 0. The molecule has 0 radical (unpaired) electrons. The third-order valence-electron chi connectivity index (χ3n) is 1.16. The van der Waals surface area contributed by atoms with Crippen LogP contribution in [0.15, 0.2) is 0 Å². The van der Waals surface area contributed by atoms with E-state index in [4.69, 9.17) is 24.8 Å². The van der Waals surface area contributed by atoms with Gasteiger partial charge in [0.05, 0.1) is 39.6 Å². The molecule has 0 aliphatic rings. The number of aliphatic hydroxyl groups is 3. The Labute approximate surface area is 128 Å². The summed E-state index contributed by atoms with van der Waals surface area (Å²) < 4.78 is 10.2. The van der Waals surface area contributed by atoms with Crippen molar-refractivity contribution in [3.05, 3.63) is 0 Å². The van der Waals surface area contributed by atoms with Gasteiger partial charge in [0.2, 0.25) is 0 Å². The van der Waals surface area contributed by atoms with Crippen LogP contribution in [0.1, 0.15) is 13.8 Å². The number of hydrogen-bond acceptors (Lipinski definition) is 5. The third-order valence-corrected chi connectivity index (χ3v) is 1.16. The molecule has 0 unspecified atom stereocenters. The molecule has 6 heteroatoms. The Morgan fingerprint density at radius 3 is 1.69 bits per heavy atom. The zero-order valence-corrected chi connectivity index (χ0v) is 9.69. The first kappa shape index (κ1) is 22.3. The standard InChI is InChI=1S/C8H18O3.C2H6O2.Ca.2H/c1-8(2)7-11-6-5-10-4-3-9;3-1-2-4;;;/h8-9H,3-7H2,1-2H3;3-4H,1-2H2;;;. The van der Waals surface area contributed by atoms with E-state index in [9.17, 15) is 0 Å². The van der Waals surface area contributed by atoms with Crippen LogP contribution in [0.4, 0.5) is 0 Å². The second-order valence-electron chi connectivity index (χ2n) is 3.25. The van der Waals surface area contributed by atoms with Crippen molar-refractivity contribution < 1.29 is 24.8 Å². The molecule has 0 aliphatic heterocycles. The van der Waals surface area contributed by atoms with Crippen LogP contribution in [0.25, 0.3) is 0 Å². The molecule has 5 nitrogen and oxygen atoms in total. The Kier molecular flexibility index (Phi) is 29.7. The van der Waals surface area contributed by atoms with Crippen LogP contribution in [0.5, 0.6) is 0 Å². The molecule has 0 aromatic heterocycles. The normalized spacial score (nSPS) is 9.38. The van der Waals surface area contributed by atoms with Gasteiger partial charge in [-0.05, 0) is 5.92 Å². The molecule has 0 heterocycles. The van der Waals surface area contributed by atoms with Gasteiger partial charge in [-0.25, -0.2) is 0 Å². The van der Waals surface area contributed by atoms with Gasteiger partial charge in [0.1, 0.15) is 0 Å². The van der Waals surface area contributed by atoms with Crippen LogP contribution in [0.3, 0.4) is 0 Å².